The molecule has 0 bridgehead atoms. The number of benzene rings is 10. The molecule has 0 atom stereocenters. The first kappa shape index (κ1) is 32.9. The molecule has 10 aromatic carbocycles. The molecule has 0 saturated heterocycles. The van der Waals surface area contributed by atoms with E-state index in [1.165, 1.54) is 88.3 Å². The first-order chi connectivity index (χ1) is 28.3. The van der Waals surface area contributed by atoms with E-state index in [4.69, 9.17) is 0 Å². The Morgan fingerprint density at radius 2 is 0.702 bits per heavy atom. The van der Waals surface area contributed by atoms with Gasteiger partial charge in [-0.05, 0) is 108 Å². The van der Waals surface area contributed by atoms with Crippen molar-refractivity contribution in [2.75, 3.05) is 4.90 Å². The number of nitrogens with zero attached hydrogens (tertiary/aromatic N) is 1. The van der Waals surface area contributed by atoms with Gasteiger partial charge in [-0.15, -0.1) is 0 Å². The molecule has 266 valence electrons. The minimum Gasteiger partial charge on any atom is -0.309 e. The first-order valence-electron chi connectivity index (χ1n) is 19.7. The van der Waals surface area contributed by atoms with Crippen LogP contribution in [0.4, 0.5) is 17.1 Å². The highest BCUT2D eigenvalue weighted by Crippen LogP contribution is 2.51. The highest BCUT2D eigenvalue weighted by molar-refractivity contribution is 6.15. The molecule has 0 unspecified atom stereocenters. The van der Waals surface area contributed by atoms with Gasteiger partial charge in [-0.2, -0.15) is 0 Å². The lowest BCUT2D eigenvalue weighted by Gasteiger charge is -2.31. The third-order valence-electron chi connectivity index (χ3n) is 11.6. The highest BCUT2D eigenvalue weighted by atomic mass is 15.1. The standard InChI is InChI=1S/C56H37N/c1-3-17-38(18-4-1)40-31-34-55(53(35-40)39-19-5-2-6-20-39)57(56-36-41-21-7-8-22-43(41)44-23-15-16-30-52(44)56)42-32-33-51-49-28-12-11-26-47(49)45-24-9-10-25-46(45)48-27-13-14-29-50(48)54(51)37-42/h1-37H. The molecular formula is C56H37N. The first-order valence-corrected chi connectivity index (χ1v) is 19.7. The molecule has 0 aliphatic heterocycles. The van der Waals surface area contributed by atoms with Crippen molar-refractivity contribution in [3.05, 3.63) is 224 Å². The zero-order chi connectivity index (χ0) is 37.7. The summed E-state index contributed by atoms with van der Waals surface area (Å²) in [5.74, 6) is 0. The smallest absolute Gasteiger partial charge is 0.0546 e. The molecule has 0 N–H and O–H groups in total. The Kier molecular flexibility index (Phi) is 7.89. The van der Waals surface area contributed by atoms with E-state index in [1.54, 1.807) is 0 Å². The van der Waals surface area contributed by atoms with Crippen LogP contribution >= 0.6 is 0 Å². The van der Waals surface area contributed by atoms with Gasteiger partial charge in [-0.1, -0.05) is 194 Å². The number of rotatable bonds is 5. The van der Waals surface area contributed by atoms with Crippen molar-refractivity contribution in [1.29, 1.82) is 0 Å². The van der Waals surface area contributed by atoms with Crippen molar-refractivity contribution in [3.8, 4) is 66.8 Å². The van der Waals surface area contributed by atoms with Crippen molar-refractivity contribution >= 4 is 38.6 Å². The van der Waals surface area contributed by atoms with Crippen LogP contribution in [-0.4, -0.2) is 0 Å². The fraction of sp³-hybridized carbons (Fsp3) is 0. The summed E-state index contributed by atoms with van der Waals surface area (Å²) in [7, 11) is 0. The van der Waals surface area contributed by atoms with E-state index in [0.29, 0.717) is 0 Å². The van der Waals surface area contributed by atoms with E-state index in [2.05, 4.69) is 229 Å². The van der Waals surface area contributed by atoms with E-state index in [9.17, 15) is 0 Å². The van der Waals surface area contributed by atoms with Gasteiger partial charge in [-0.3, -0.25) is 0 Å². The maximum Gasteiger partial charge on any atom is 0.0546 e. The Hall–Kier alpha value is -7.48. The lowest BCUT2D eigenvalue weighted by atomic mass is 9.81. The molecule has 11 rings (SSSR count). The average Bonchev–Trinajstić information content (AvgIpc) is 3.29. The van der Waals surface area contributed by atoms with E-state index in [-0.39, 0.29) is 0 Å². The Morgan fingerprint density at radius 3 is 1.32 bits per heavy atom. The maximum atomic E-state index is 2.51. The number of hydrogen-bond donors (Lipinski definition) is 0. The molecule has 1 aliphatic carbocycles. The van der Waals surface area contributed by atoms with Gasteiger partial charge in [0.2, 0.25) is 0 Å². The molecule has 0 heterocycles. The van der Waals surface area contributed by atoms with Crippen LogP contribution in [0.5, 0.6) is 0 Å². The molecule has 57 heavy (non-hydrogen) atoms. The summed E-state index contributed by atoms with van der Waals surface area (Å²) in [6, 6.07) is 82.3. The average molecular weight is 724 g/mol. The van der Waals surface area contributed by atoms with Gasteiger partial charge in [0.1, 0.15) is 0 Å². The molecule has 1 heteroatoms. The van der Waals surface area contributed by atoms with E-state index < -0.39 is 0 Å². The second-order valence-corrected chi connectivity index (χ2v) is 14.8. The summed E-state index contributed by atoms with van der Waals surface area (Å²) in [6.07, 6.45) is 0. The number of hydrogen-bond acceptors (Lipinski definition) is 1. The summed E-state index contributed by atoms with van der Waals surface area (Å²) in [5, 5.41) is 4.90. The van der Waals surface area contributed by atoms with Gasteiger partial charge in [-0.25, -0.2) is 0 Å². The van der Waals surface area contributed by atoms with Crippen molar-refractivity contribution < 1.29 is 0 Å². The lowest BCUT2D eigenvalue weighted by Crippen LogP contribution is -2.12. The van der Waals surface area contributed by atoms with Gasteiger partial charge in [0.05, 0.1) is 11.4 Å². The Labute approximate surface area is 333 Å². The fourth-order valence-corrected chi connectivity index (χ4v) is 9.01. The van der Waals surface area contributed by atoms with Crippen LogP contribution in [0.2, 0.25) is 0 Å². The molecule has 0 amide bonds. The van der Waals surface area contributed by atoms with Crippen LogP contribution in [-0.2, 0) is 0 Å². The van der Waals surface area contributed by atoms with Gasteiger partial charge in [0.15, 0.2) is 0 Å². The van der Waals surface area contributed by atoms with Crippen LogP contribution in [0.1, 0.15) is 0 Å². The molecule has 1 aliphatic rings. The van der Waals surface area contributed by atoms with Crippen molar-refractivity contribution in [2.24, 2.45) is 0 Å². The van der Waals surface area contributed by atoms with Gasteiger partial charge >= 0.3 is 0 Å². The van der Waals surface area contributed by atoms with Crippen LogP contribution in [0.3, 0.4) is 0 Å². The van der Waals surface area contributed by atoms with Crippen LogP contribution < -0.4 is 4.90 Å². The zero-order valence-electron chi connectivity index (χ0n) is 31.3. The maximum absolute atomic E-state index is 2.51. The topological polar surface area (TPSA) is 3.24 Å². The summed E-state index contributed by atoms with van der Waals surface area (Å²) < 4.78 is 0. The minimum absolute atomic E-state index is 1.10. The summed E-state index contributed by atoms with van der Waals surface area (Å²) >= 11 is 0. The third kappa shape index (κ3) is 5.55. The minimum atomic E-state index is 1.10. The van der Waals surface area contributed by atoms with Crippen LogP contribution in [0.15, 0.2) is 224 Å². The molecule has 0 aromatic heterocycles. The van der Waals surface area contributed by atoms with Gasteiger partial charge < -0.3 is 4.90 Å². The second kappa shape index (κ2) is 13.7. The molecule has 0 radical (unpaired) electrons. The second-order valence-electron chi connectivity index (χ2n) is 14.8. The van der Waals surface area contributed by atoms with Crippen molar-refractivity contribution in [3.63, 3.8) is 0 Å². The predicted molar refractivity (Wildman–Crippen MR) is 242 cm³/mol. The molecule has 10 aromatic rings. The molecule has 1 nitrogen and oxygen atoms in total. The van der Waals surface area contributed by atoms with Gasteiger partial charge in [0, 0.05) is 16.6 Å². The fourth-order valence-electron chi connectivity index (χ4n) is 9.01. The third-order valence-corrected chi connectivity index (χ3v) is 11.6. The molecular weight excluding hydrogens is 687 g/mol. The van der Waals surface area contributed by atoms with E-state index >= 15 is 0 Å². The van der Waals surface area contributed by atoms with Crippen LogP contribution in [0, 0.1) is 0 Å². The quantitative estimate of drug-likeness (QED) is 0.160. The monoisotopic (exact) mass is 723 g/mol. The Morgan fingerprint density at radius 1 is 0.228 bits per heavy atom. The van der Waals surface area contributed by atoms with Crippen molar-refractivity contribution in [1.82, 2.24) is 0 Å². The number of anilines is 3. The Balaban J connectivity index is 1.24. The molecule has 0 spiro atoms. The zero-order valence-corrected chi connectivity index (χ0v) is 31.3. The lowest BCUT2D eigenvalue weighted by molar-refractivity contribution is 1.30. The van der Waals surface area contributed by atoms with E-state index in [1.807, 2.05) is 0 Å². The number of fused-ring (bicyclic) bond motifs is 11. The summed E-state index contributed by atoms with van der Waals surface area (Å²) in [6.45, 7) is 0. The van der Waals surface area contributed by atoms with Gasteiger partial charge in [0.25, 0.3) is 0 Å². The SMILES string of the molecule is c1ccc(-c2ccc(N(c3ccc4c(c3)-c3ccccc3-c3ccccc3-c3ccccc3-4)c3cc4ccccc4c4ccccc34)c(-c3ccccc3)c2)cc1. The summed E-state index contributed by atoms with van der Waals surface area (Å²) in [4.78, 5) is 2.51. The molecule has 0 saturated carbocycles. The molecule has 0 fully saturated rings. The normalized spacial score (nSPS) is 11.5. The van der Waals surface area contributed by atoms with Crippen molar-refractivity contribution in [2.45, 2.75) is 0 Å². The predicted octanol–water partition coefficient (Wildman–Crippen LogP) is 15.8. The van der Waals surface area contributed by atoms with Crippen LogP contribution in [0.25, 0.3) is 88.3 Å². The van der Waals surface area contributed by atoms with E-state index in [0.717, 1.165) is 17.1 Å². The highest BCUT2D eigenvalue weighted by Gasteiger charge is 2.26. The Bertz CT molecular complexity index is 3120. The summed E-state index contributed by atoms with van der Waals surface area (Å²) in [5.41, 5.74) is 17.9. The largest absolute Gasteiger partial charge is 0.309 e.